The molecule has 0 spiro atoms. The van der Waals surface area contributed by atoms with Crippen molar-refractivity contribution in [2.45, 2.75) is 50.1 Å². The summed E-state index contributed by atoms with van der Waals surface area (Å²) < 4.78 is 5.31. The predicted octanol–water partition coefficient (Wildman–Crippen LogP) is 0.797. The summed E-state index contributed by atoms with van der Waals surface area (Å²) in [6.45, 7) is 0.234. The number of hydrogen-bond acceptors (Lipinski definition) is 8. The van der Waals surface area contributed by atoms with Gasteiger partial charge in [0.05, 0.1) is 4.92 Å². The molecule has 1 aliphatic carbocycles. The molecule has 1 aliphatic heterocycles. The lowest BCUT2D eigenvalue weighted by Crippen LogP contribution is -2.56. The van der Waals surface area contributed by atoms with E-state index < -0.39 is 64.3 Å². The van der Waals surface area contributed by atoms with Crippen LogP contribution < -0.4 is 21.7 Å². The van der Waals surface area contributed by atoms with Crippen LogP contribution in [0.25, 0.3) is 0 Å². The van der Waals surface area contributed by atoms with E-state index in [2.05, 4.69) is 16.0 Å². The number of carbonyl (C=O) groups excluding carboxylic acids is 4. The number of nitrogens with zero attached hydrogens (tertiary/aromatic N) is 1. The van der Waals surface area contributed by atoms with Gasteiger partial charge in [0.25, 0.3) is 11.8 Å². The number of amides is 4. The molecule has 13 heteroatoms. The Morgan fingerprint density at radius 3 is 2.18 bits per heavy atom. The molecule has 5 rings (SSSR count). The maximum Gasteiger partial charge on any atom is 0.310 e. The molecule has 228 valence electrons. The maximum atomic E-state index is 13.6. The highest BCUT2D eigenvalue weighted by atomic mass is 16.6. The van der Waals surface area contributed by atoms with E-state index in [0.29, 0.717) is 12.8 Å². The SMILES string of the molecule is NC(=O)[C@H](NC(=O)[C@@H](Cc1ccc(O)c([N+](=O)[O-])c1)NC(=O)C1O[C@@H]1C(=O)NCc1ccccc1)C1Cc2ccccc2C1. The van der Waals surface area contributed by atoms with Crippen molar-refractivity contribution in [2.24, 2.45) is 11.7 Å². The van der Waals surface area contributed by atoms with Gasteiger partial charge in [0, 0.05) is 19.0 Å². The third kappa shape index (κ3) is 7.01. The highest BCUT2D eigenvalue weighted by molar-refractivity contribution is 5.97. The Morgan fingerprint density at radius 2 is 1.55 bits per heavy atom. The fourth-order valence-electron chi connectivity index (χ4n) is 5.44. The fourth-order valence-corrected chi connectivity index (χ4v) is 5.44. The predicted molar refractivity (Wildman–Crippen MR) is 156 cm³/mol. The minimum absolute atomic E-state index is 0.230. The van der Waals surface area contributed by atoms with Crippen molar-refractivity contribution in [3.8, 4) is 5.75 Å². The first-order valence-electron chi connectivity index (χ1n) is 14.0. The molecule has 4 amide bonds. The summed E-state index contributed by atoms with van der Waals surface area (Å²) >= 11 is 0. The minimum Gasteiger partial charge on any atom is -0.502 e. The average molecular weight is 602 g/mol. The summed E-state index contributed by atoms with van der Waals surface area (Å²) in [5, 5.41) is 29.1. The van der Waals surface area contributed by atoms with Crippen molar-refractivity contribution >= 4 is 29.3 Å². The number of primary amides is 1. The van der Waals surface area contributed by atoms with Gasteiger partial charge in [-0.05, 0) is 47.1 Å². The number of aromatic hydroxyl groups is 1. The largest absolute Gasteiger partial charge is 0.502 e. The second-order valence-electron chi connectivity index (χ2n) is 10.9. The van der Waals surface area contributed by atoms with Crippen molar-refractivity contribution in [2.75, 3.05) is 0 Å². The number of hydrogen-bond donors (Lipinski definition) is 5. The quantitative estimate of drug-likeness (QED) is 0.114. The molecule has 2 aliphatic rings. The summed E-state index contributed by atoms with van der Waals surface area (Å²) in [7, 11) is 0. The minimum atomic E-state index is -1.32. The highest BCUT2D eigenvalue weighted by Crippen LogP contribution is 2.30. The van der Waals surface area contributed by atoms with Crippen LogP contribution in [-0.2, 0) is 49.7 Å². The zero-order valence-corrected chi connectivity index (χ0v) is 23.5. The Labute approximate surface area is 251 Å². The van der Waals surface area contributed by atoms with Gasteiger partial charge in [0.1, 0.15) is 12.1 Å². The van der Waals surface area contributed by atoms with E-state index in [0.717, 1.165) is 28.8 Å². The fraction of sp³-hybridized carbons (Fsp3) is 0.290. The number of carbonyl (C=O) groups is 4. The summed E-state index contributed by atoms with van der Waals surface area (Å²) in [5.74, 6) is -3.62. The molecule has 0 aromatic heterocycles. The lowest BCUT2D eigenvalue weighted by molar-refractivity contribution is -0.385. The van der Waals surface area contributed by atoms with Crippen molar-refractivity contribution in [3.05, 3.63) is 105 Å². The summed E-state index contributed by atoms with van der Waals surface area (Å²) in [4.78, 5) is 62.4. The Balaban J connectivity index is 1.29. The molecule has 0 radical (unpaired) electrons. The normalized spacial score (nSPS) is 18.4. The van der Waals surface area contributed by atoms with E-state index in [-0.39, 0.29) is 24.4 Å². The van der Waals surface area contributed by atoms with Gasteiger partial charge in [0.2, 0.25) is 11.8 Å². The van der Waals surface area contributed by atoms with Gasteiger partial charge in [-0.1, -0.05) is 60.7 Å². The molecule has 3 aromatic rings. The number of phenolic OH excluding ortho intramolecular Hbond substituents is 1. The van der Waals surface area contributed by atoms with Gasteiger partial charge in [-0.15, -0.1) is 0 Å². The van der Waals surface area contributed by atoms with Crippen molar-refractivity contribution in [3.63, 3.8) is 0 Å². The smallest absolute Gasteiger partial charge is 0.310 e. The number of nitrogens with one attached hydrogen (secondary N) is 3. The first-order chi connectivity index (χ1) is 21.1. The first-order valence-corrected chi connectivity index (χ1v) is 14.0. The zero-order valence-electron chi connectivity index (χ0n) is 23.5. The van der Waals surface area contributed by atoms with E-state index >= 15 is 0 Å². The van der Waals surface area contributed by atoms with Crippen LogP contribution in [0.15, 0.2) is 72.8 Å². The number of ether oxygens (including phenoxy) is 1. The van der Waals surface area contributed by atoms with Crippen LogP contribution in [0.5, 0.6) is 5.75 Å². The monoisotopic (exact) mass is 601 g/mol. The van der Waals surface area contributed by atoms with E-state index in [4.69, 9.17) is 10.5 Å². The molecule has 3 aromatic carbocycles. The Hall–Kier alpha value is -5.30. The van der Waals surface area contributed by atoms with Gasteiger partial charge in [-0.3, -0.25) is 29.3 Å². The van der Waals surface area contributed by atoms with Crippen LogP contribution in [0, 0.1) is 16.0 Å². The second kappa shape index (κ2) is 12.9. The topological polar surface area (TPSA) is 206 Å². The molecular weight excluding hydrogens is 570 g/mol. The van der Waals surface area contributed by atoms with Gasteiger partial charge in [0.15, 0.2) is 18.0 Å². The number of nitro groups is 1. The number of fused-ring (bicyclic) bond motifs is 1. The first kappa shape index (κ1) is 30.2. The Morgan fingerprint density at radius 1 is 0.909 bits per heavy atom. The van der Waals surface area contributed by atoms with Crippen molar-refractivity contribution < 1.29 is 33.9 Å². The van der Waals surface area contributed by atoms with Gasteiger partial charge < -0.3 is 31.5 Å². The van der Waals surface area contributed by atoms with Gasteiger partial charge >= 0.3 is 5.69 Å². The Bertz CT molecular complexity index is 1570. The van der Waals surface area contributed by atoms with Crippen LogP contribution in [0.3, 0.4) is 0 Å². The van der Waals surface area contributed by atoms with Crippen LogP contribution >= 0.6 is 0 Å². The van der Waals surface area contributed by atoms with Crippen molar-refractivity contribution in [1.82, 2.24) is 16.0 Å². The number of phenols is 1. The molecule has 1 heterocycles. The molecule has 13 nitrogen and oxygen atoms in total. The number of nitrogens with two attached hydrogens (primary N) is 1. The molecule has 4 atom stereocenters. The van der Waals surface area contributed by atoms with Crippen molar-refractivity contribution in [1.29, 1.82) is 0 Å². The molecule has 6 N–H and O–H groups in total. The average Bonchev–Trinajstić information content (AvgIpc) is 3.71. The molecule has 1 unspecified atom stereocenters. The van der Waals surface area contributed by atoms with Crippen LogP contribution in [0.1, 0.15) is 22.3 Å². The highest BCUT2D eigenvalue weighted by Gasteiger charge is 2.51. The summed E-state index contributed by atoms with van der Waals surface area (Å²) in [5.41, 5.74) is 8.32. The van der Waals surface area contributed by atoms with E-state index in [1.165, 1.54) is 6.07 Å². The number of benzene rings is 3. The number of rotatable bonds is 12. The second-order valence-corrected chi connectivity index (χ2v) is 10.9. The molecule has 1 saturated heterocycles. The van der Waals surface area contributed by atoms with E-state index in [1.807, 2.05) is 54.6 Å². The third-order valence-corrected chi connectivity index (χ3v) is 7.79. The van der Waals surface area contributed by atoms with Gasteiger partial charge in [-0.25, -0.2) is 0 Å². The van der Waals surface area contributed by atoms with Crippen LogP contribution in [0.2, 0.25) is 0 Å². The number of nitro benzene ring substituents is 1. The summed E-state index contributed by atoms with van der Waals surface area (Å²) in [6.07, 6.45) is -1.42. The lowest BCUT2D eigenvalue weighted by Gasteiger charge is -2.25. The van der Waals surface area contributed by atoms with Crippen LogP contribution in [-0.4, -0.2) is 58.0 Å². The lowest BCUT2D eigenvalue weighted by atomic mass is 9.95. The maximum absolute atomic E-state index is 13.6. The zero-order chi connectivity index (χ0) is 31.4. The molecule has 44 heavy (non-hydrogen) atoms. The van der Waals surface area contributed by atoms with Crippen LogP contribution in [0.4, 0.5) is 5.69 Å². The molecule has 0 saturated carbocycles. The van der Waals surface area contributed by atoms with Gasteiger partial charge in [-0.2, -0.15) is 0 Å². The summed E-state index contributed by atoms with van der Waals surface area (Å²) in [6, 6.07) is 18.0. The standard InChI is InChI=1S/C31H31N5O8/c32-28(38)25(21-14-19-8-4-5-9-20(19)15-21)35-29(39)22(12-18-10-11-24(37)23(13-18)36(42)43)34-31(41)27-26(44-27)30(40)33-16-17-6-2-1-3-7-17/h1-11,13,21-22,25-27,37H,12,14-16H2,(H2,32,38)(H,33,40)(H,34,41)(H,35,39)/t22-,25-,26+,27?/m1/s1. The third-order valence-electron chi connectivity index (χ3n) is 7.79. The Kier molecular flexibility index (Phi) is 8.86. The molecular formula is C31H31N5O8. The number of epoxide rings is 1. The molecule has 1 fully saturated rings. The van der Waals surface area contributed by atoms with E-state index in [9.17, 15) is 34.4 Å². The molecule has 0 bridgehead atoms. The van der Waals surface area contributed by atoms with E-state index in [1.54, 1.807) is 0 Å².